The number of hydrogen-bond donors (Lipinski definition) is 3. The number of rotatable bonds is 5. The van der Waals surface area contributed by atoms with Crippen LogP contribution in [0.2, 0.25) is 0 Å². The van der Waals surface area contributed by atoms with Crippen LogP contribution in [0.4, 0.5) is 10.5 Å². The van der Waals surface area contributed by atoms with Crippen molar-refractivity contribution in [2.75, 3.05) is 19.5 Å². The van der Waals surface area contributed by atoms with Gasteiger partial charge < -0.3 is 25.4 Å². The summed E-state index contributed by atoms with van der Waals surface area (Å²) in [6, 6.07) is 9.94. The fourth-order valence-electron chi connectivity index (χ4n) is 3.24. The Hall–Kier alpha value is -3.00. The molecule has 152 valence electrons. The Bertz CT molecular complexity index is 1000. The van der Waals surface area contributed by atoms with Crippen molar-refractivity contribution in [2.45, 2.75) is 19.9 Å². The summed E-state index contributed by atoms with van der Waals surface area (Å²) in [4.78, 5) is 25.3. The van der Waals surface area contributed by atoms with E-state index in [1.165, 1.54) is 7.11 Å². The van der Waals surface area contributed by atoms with Crippen LogP contribution < -0.4 is 25.4 Å². The molecular formula is C21H22BrN3O4. The Morgan fingerprint density at radius 1 is 1.10 bits per heavy atom. The number of amides is 3. The smallest absolute Gasteiger partial charge is 0.319 e. The normalized spacial score (nSPS) is 16.0. The van der Waals surface area contributed by atoms with Crippen LogP contribution in [0.15, 0.2) is 52.1 Å². The van der Waals surface area contributed by atoms with Crippen molar-refractivity contribution in [3.05, 3.63) is 63.3 Å². The maximum atomic E-state index is 13.1. The van der Waals surface area contributed by atoms with Gasteiger partial charge in [-0.05, 0) is 49.2 Å². The first-order chi connectivity index (χ1) is 13.8. The van der Waals surface area contributed by atoms with Crippen LogP contribution in [-0.4, -0.2) is 26.2 Å². The average molecular weight is 460 g/mol. The van der Waals surface area contributed by atoms with Gasteiger partial charge in [-0.2, -0.15) is 0 Å². The van der Waals surface area contributed by atoms with Gasteiger partial charge >= 0.3 is 6.03 Å². The molecule has 8 heteroatoms. The monoisotopic (exact) mass is 459 g/mol. The number of carbonyl (C=O) groups excluding carboxylic acids is 2. The van der Waals surface area contributed by atoms with Gasteiger partial charge in [-0.25, -0.2) is 4.79 Å². The van der Waals surface area contributed by atoms with Gasteiger partial charge in [0.1, 0.15) is 0 Å². The van der Waals surface area contributed by atoms with E-state index in [1.54, 1.807) is 26.2 Å². The van der Waals surface area contributed by atoms with Crippen LogP contribution in [-0.2, 0) is 4.79 Å². The number of ether oxygens (including phenoxy) is 2. The summed E-state index contributed by atoms with van der Waals surface area (Å²) in [6.45, 7) is 3.65. The van der Waals surface area contributed by atoms with Gasteiger partial charge in [0, 0.05) is 15.9 Å². The molecule has 3 N–H and O–H groups in total. The average Bonchev–Trinajstić information content (AvgIpc) is 2.66. The minimum absolute atomic E-state index is 0.313. The number of halogens is 1. The molecule has 7 nitrogen and oxygen atoms in total. The molecule has 0 spiro atoms. The van der Waals surface area contributed by atoms with Crippen molar-refractivity contribution in [2.24, 2.45) is 0 Å². The maximum absolute atomic E-state index is 13.1. The highest BCUT2D eigenvalue weighted by molar-refractivity contribution is 9.10. The lowest BCUT2D eigenvalue weighted by Crippen LogP contribution is -2.46. The molecule has 1 aliphatic rings. The van der Waals surface area contributed by atoms with Crippen LogP contribution in [0, 0.1) is 6.92 Å². The quantitative estimate of drug-likeness (QED) is 0.629. The molecule has 1 unspecified atom stereocenters. The standard InChI is InChI=1S/C21H22BrN3O4/c1-11-6-5-7-13(8-11)24-20(26)18-12(2)23-21(27)25-19(18)14-9-16(28-3)17(29-4)10-15(14)22/h5-10,19H,1-4H3,(H,24,26)(H2,23,25,27). The van der Waals surface area contributed by atoms with E-state index in [1.807, 2.05) is 31.2 Å². The highest BCUT2D eigenvalue weighted by atomic mass is 79.9. The Balaban J connectivity index is 2.03. The fourth-order valence-corrected chi connectivity index (χ4v) is 3.79. The second-order valence-electron chi connectivity index (χ2n) is 6.62. The summed E-state index contributed by atoms with van der Waals surface area (Å²) in [5.74, 6) is 0.719. The van der Waals surface area contributed by atoms with E-state index in [4.69, 9.17) is 9.47 Å². The maximum Gasteiger partial charge on any atom is 0.319 e. The summed E-state index contributed by atoms with van der Waals surface area (Å²) in [5.41, 5.74) is 3.26. The highest BCUT2D eigenvalue weighted by Gasteiger charge is 2.33. The van der Waals surface area contributed by atoms with Gasteiger partial charge in [0.2, 0.25) is 0 Å². The molecule has 2 aromatic carbocycles. The molecule has 0 saturated carbocycles. The molecule has 0 aromatic heterocycles. The summed E-state index contributed by atoms with van der Waals surface area (Å²) >= 11 is 3.52. The van der Waals surface area contributed by atoms with Gasteiger partial charge in [-0.1, -0.05) is 28.1 Å². The summed E-state index contributed by atoms with van der Waals surface area (Å²) in [6.07, 6.45) is 0. The van der Waals surface area contributed by atoms with Crippen LogP contribution in [0.25, 0.3) is 0 Å². The number of anilines is 1. The third kappa shape index (κ3) is 4.37. The second kappa shape index (κ2) is 8.57. The van der Waals surface area contributed by atoms with Gasteiger partial charge in [-0.15, -0.1) is 0 Å². The van der Waals surface area contributed by atoms with E-state index in [-0.39, 0.29) is 11.9 Å². The largest absolute Gasteiger partial charge is 0.493 e. The number of nitrogens with one attached hydrogen (secondary N) is 3. The molecular weight excluding hydrogens is 438 g/mol. The predicted octanol–water partition coefficient (Wildman–Crippen LogP) is 4.04. The molecule has 0 aliphatic carbocycles. The predicted molar refractivity (Wildman–Crippen MR) is 114 cm³/mol. The molecule has 0 radical (unpaired) electrons. The third-order valence-electron chi connectivity index (χ3n) is 4.60. The second-order valence-corrected chi connectivity index (χ2v) is 7.48. The zero-order valence-corrected chi connectivity index (χ0v) is 18.1. The molecule has 1 atom stereocenters. The van der Waals surface area contributed by atoms with E-state index in [2.05, 4.69) is 31.9 Å². The van der Waals surface area contributed by atoms with Crippen molar-refractivity contribution < 1.29 is 19.1 Å². The molecule has 0 saturated heterocycles. The van der Waals surface area contributed by atoms with Crippen LogP contribution >= 0.6 is 15.9 Å². The fraction of sp³-hybridized carbons (Fsp3) is 0.238. The highest BCUT2D eigenvalue weighted by Crippen LogP contribution is 2.39. The van der Waals surface area contributed by atoms with E-state index in [0.29, 0.717) is 38.5 Å². The topological polar surface area (TPSA) is 88.7 Å². The SMILES string of the molecule is COc1cc(Br)c(C2NC(=O)NC(C)=C2C(=O)Nc2cccc(C)c2)cc1OC. The zero-order valence-electron chi connectivity index (χ0n) is 16.6. The number of benzene rings is 2. The van der Waals surface area contributed by atoms with E-state index >= 15 is 0 Å². The summed E-state index contributed by atoms with van der Waals surface area (Å²) in [7, 11) is 3.07. The van der Waals surface area contributed by atoms with Crippen molar-refractivity contribution in [1.82, 2.24) is 10.6 Å². The molecule has 1 aliphatic heterocycles. The van der Waals surface area contributed by atoms with Crippen molar-refractivity contribution >= 4 is 33.6 Å². The van der Waals surface area contributed by atoms with Gasteiger partial charge in [0.05, 0.1) is 25.8 Å². The molecule has 0 fully saturated rings. The third-order valence-corrected chi connectivity index (χ3v) is 5.29. The number of aryl methyl sites for hydroxylation is 1. The zero-order chi connectivity index (χ0) is 21.1. The first kappa shape index (κ1) is 20.7. The van der Waals surface area contributed by atoms with E-state index in [9.17, 15) is 9.59 Å². The molecule has 3 amide bonds. The van der Waals surface area contributed by atoms with Crippen molar-refractivity contribution in [3.63, 3.8) is 0 Å². The van der Waals surface area contributed by atoms with Crippen LogP contribution in [0.1, 0.15) is 24.1 Å². The molecule has 1 heterocycles. The lowest BCUT2D eigenvalue weighted by molar-refractivity contribution is -0.113. The van der Waals surface area contributed by atoms with Crippen molar-refractivity contribution in [3.8, 4) is 11.5 Å². The molecule has 0 bridgehead atoms. The summed E-state index contributed by atoms with van der Waals surface area (Å²) < 4.78 is 11.4. The van der Waals surface area contributed by atoms with Crippen LogP contribution in [0.3, 0.4) is 0 Å². The molecule has 2 aromatic rings. The van der Waals surface area contributed by atoms with E-state index in [0.717, 1.165) is 5.56 Å². The van der Waals surface area contributed by atoms with Crippen molar-refractivity contribution in [1.29, 1.82) is 0 Å². The van der Waals surface area contributed by atoms with E-state index < -0.39 is 6.04 Å². The first-order valence-corrected chi connectivity index (χ1v) is 9.71. The molecule has 3 rings (SSSR count). The van der Waals surface area contributed by atoms with Gasteiger partial charge in [0.15, 0.2) is 11.5 Å². The Kier molecular flexibility index (Phi) is 6.12. The minimum atomic E-state index is -0.678. The van der Waals surface area contributed by atoms with Gasteiger partial charge in [0.25, 0.3) is 5.91 Å². The minimum Gasteiger partial charge on any atom is -0.493 e. The Labute approximate surface area is 177 Å². The number of allylic oxidation sites excluding steroid dienone is 1. The Morgan fingerprint density at radius 3 is 2.45 bits per heavy atom. The lowest BCUT2D eigenvalue weighted by atomic mass is 9.94. The van der Waals surface area contributed by atoms with Crippen LogP contribution in [0.5, 0.6) is 11.5 Å². The number of carbonyl (C=O) groups is 2. The molecule has 29 heavy (non-hydrogen) atoms. The summed E-state index contributed by atoms with van der Waals surface area (Å²) in [5, 5.41) is 8.41. The number of methoxy groups -OCH3 is 2. The Morgan fingerprint density at radius 2 is 1.79 bits per heavy atom. The first-order valence-electron chi connectivity index (χ1n) is 8.91. The van der Waals surface area contributed by atoms with Gasteiger partial charge in [-0.3, -0.25) is 4.79 Å². The number of urea groups is 1. The number of hydrogen-bond acceptors (Lipinski definition) is 4. The lowest BCUT2D eigenvalue weighted by Gasteiger charge is -2.29.